The Morgan fingerprint density at radius 3 is 2.50 bits per heavy atom. The van der Waals surface area contributed by atoms with E-state index in [0.717, 1.165) is 5.56 Å². The van der Waals surface area contributed by atoms with Crippen molar-refractivity contribution >= 4 is 33.2 Å². The molecule has 1 N–H and O–H groups in total. The number of hydrogen-bond acceptors (Lipinski definition) is 5. The molecule has 1 aliphatic heterocycles. The topological polar surface area (TPSA) is 84.9 Å². The lowest BCUT2D eigenvalue weighted by molar-refractivity contribution is -0.120. The Morgan fingerprint density at radius 1 is 1.06 bits per heavy atom. The highest BCUT2D eigenvalue weighted by molar-refractivity contribution is 7.89. The number of nitrogens with one attached hydrogen (secondary N) is 1. The molecule has 0 spiro atoms. The lowest BCUT2D eigenvalue weighted by Crippen LogP contribution is -2.43. The highest BCUT2D eigenvalue weighted by Gasteiger charge is 2.33. The molecule has 1 amide bonds. The Morgan fingerprint density at radius 2 is 1.81 bits per heavy atom. The second kappa shape index (κ2) is 11.8. The maximum absolute atomic E-state index is 13.2. The molecule has 1 saturated heterocycles. The smallest absolute Gasteiger partial charge is 0.243 e. The summed E-state index contributed by atoms with van der Waals surface area (Å²) in [6.07, 6.45) is 1.20. The van der Waals surface area contributed by atoms with E-state index in [1.165, 1.54) is 16.4 Å². The lowest BCUT2D eigenvalue weighted by atomic mass is 9.99. The van der Waals surface area contributed by atoms with Gasteiger partial charge in [0.25, 0.3) is 0 Å². The average molecular weight is 529 g/mol. The molecule has 1 fully saturated rings. The summed E-state index contributed by atoms with van der Waals surface area (Å²) >= 11 is 6.20. The summed E-state index contributed by atoms with van der Waals surface area (Å²) in [4.78, 5) is 13.0. The van der Waals surface area contributed by atoms with Gasteiger partial charge >= 0.3 is 0 Å². The molecule has 3 aromatic rings. The van der Waals surface area contributed by atoms with Gasteiger partial charge in [-0.2, -0.15) is 4.31 Å². The van der Waals surface area contributed by atoms with Crippen LogP contribution in [0.2, 0.25) is 5.02 Å². The molecular formula is C27H29ClN2O5S. The number of ether oxygens (including phenoxy) is 2. The monoisotopic (exact) mass is 528 g/mol. The fourth-order valence-electron chi connectivity index (χ4n) is 4.06. The maximum Gasteiger partial charge on any atom is 0.243 e. The molecule has 190 valence electrons. The third kappa shape index (κ3) is 6.37. The number of benzene rings is 3. The molecule has 1 atom stereocenters. The second-order valence-electron chi connectivity index (χ2n) is 8.52. The molecule has 36 heavy (non-hydrogen) atoms. The summed E-state index contributed by atoms with van der Waals surface area (Å²) < 4.78 is 39.0. The van der Waals surface area contributed by atoms with Gasteiger partial charge in [-0.3, -0.25) is 4.79 Å². The number of halogens is 1. The third-order valence-corrected chi connectivity index (χ3v) is 8.12. The molecule has 0 radical (unpaired) electrons. The van der Waals surface area contributed by atoms with Crippen molar-refractivity contribution in [1.29, 1.82) is 0 Å². The number of hydrogen-bond donors (Lipinski definition) is 1. The SMILES string of the molecule is CCOc1ccc(S(=O)(=O)N2CCC[C@@H](C(=O)Nc3ccc(OCc4ccccc4)cc3)C2)cc1Cl. The zero-order valence-corrected chi connectivity index (χ0v) is 21.6. The maximum atomic E-state index is 13.2. The van der Waals surface area contributed by atoms with Crippen LogP contribution in [0.5, 0.6) is 11.5 Å². The van der Waals surface area contributed by atoms with E-state index in [-0.39, 0.29) is 22.4 Å². The number of rotatable bonds is 9. The van der Waals surface area contributed by atoms with Crippen LogP contribution in [0.25, 0.3) is 0 Å². The molecule has 3 aromatic carbocycles. The molecule has 9 heteroatoms. The zero-order chi connectivity index (χ0) is 25.5. The number of carbonyl (C=O) groups is 1. The molecule has 0 aromatic heterocycles. The highest BCUT2D eigenvalue weighted by atomic mass is 35.5. The number of sulfonamides is 1. The summed E-state index contributed by atoms with van der Waals surface area (Å²) in [7, 11) is -3.79. The van der Waals surface area contributed by atoms with Crippen molar-refractivity contribution in [1.82, 2.24) is 4.31 Å². The van der Waals surface area contributed by atoms with Crippen molar-refractivity contribution in [2.75, 3.05) is 25.0 Å². The third-order valence-electron chi connectivity index (χ3n) is 5.97. The van der Waals surface area contributed by atoms with Gasteiger partial charge < -0.3 is 14.8 Å². The van der Waals surface area contributed by atoms with E-state index in [4.69, 9.17) is 21.1 Å². The molecule has 1 aliphatic rings. The van der Waals surface area contributed by atoms with E-state index in [2.05, 4.69) is 5.32 Å². The van der Waals surface area contributed by atoms with Gasteiger partial charge in [-0.25, -0.2) is 8.42 Å². The van der Waals surface area contributed by atoms with Gasteiger partial charge in [0.15, 0.2) is 0 Å². The molecule has 0 bridgehead atoms. The Kier molecular flexibility index (Phi) is 8.51. The van der Waals surface area contributed by atoms with E-state index in [1.54, 1.807) is 30.3 Å². The van der Waals surface area contributed by atoms with Crippen molar-refractivity contribution in [3.63, 3.8) is 0 Å². The van der Waals surface area contributed by atoms with Crippen LogP contribution < -0.4 is 14.8 Å². The number of anilines is 1. The van der Waals surface area contributed by atoms with E-state index in [1.807, 2.05) is 37.3 Å². The summed E-state index contributed by atoms with van der Waals surface area (Å²) in [5.41, 5.74) is 1.70. The number of nitrogens with zero attached hydrogens (tertiary/aromatic N) is 1. The Balaban J connectivity index is 1.36. The zero-order valence-electron chi connectivity index (χ0n) is 20.0. The Hall–Kier alpha value is -3.07. The van der Waals surface area contributed by atoms with Crippen molar-refractivity contribution in [2.24, 2.45) is 5.92 Å². The van der Waals surface area contributed by atoms with Crippen molar-refractivity contribution in [2.45, 2.75) is 31.3 Å². The van der Waals surface area contributed by atoms with E-state index in [0.29, 0.717) is 49.8 Å². The van der Waals surface area contributed by atoms with Gasteiger partial charge in [0, 0.05) is 18.8 Å². The first kappa shape index (κ1) is 26.0. The van der Waals surface area contributed by atoms with Crippen LogP contribution in [0, 0.1) is 5.92 Å². The Labute approximate surface area is 217 Å². The van der Waals surface area contributed by atoms with Gasteiger partial charge in [-0.1, -0.05) is 41.9 Å². The summed E-state index contributed by atoms with van der Waals surface area (Å²) in [5, 5.41) is 3.14. The minimum absolute atomic E-state index is 0.0862. The van der Waals surface area contributed by atoms with Crippen molar-refractivity contribution in [3.05, 3.63) is 83.4 Å². The molecule has 4 rings (SSSR count). The van der Waals surface area contributed by atoms with Gasteiger partial charge in [-0.15, -0.1) is 0 Å². The standard InChI is InChI=1S/C27H29ClN2O5S/c1-2-34-26-15-14-24(17-25(26)28)36(32,33)30-16-6-9-21(18-30)27(31)29-22-10-12-23(13-11-22)35-19-20-7-4-3-5-8-20/h3-5,7-8,10-15,17,21H,2,6,9,16,18-19H2,1H3,(H,29,31)/t21-/m1/s1. The normalized spacial score (nSPS) is 16.3. The minimum atomic E-state index is -3.79. The summed E-state index contributed by atoms with van der Waals surface area (Å²) in [6, 6.07) is 21.4. The van der Waals surface area contributed by atoms with Crippen LogP contribution in [0.3, 0.4) is 0 Å². The predicted octanol–water partition coefficient (Wildman–Crippen LogP) is 5.36. The van der Waals surface area contributed by atoms with Crippen molar-refractivity contribution in [3.8, 4) is 11.5 Å². The molecule has 7 nitrogen and oxygen atoms in total. The quantitative estimate of drug-likeness (QED) is 0.404. The predicted molar refractivity (Wildman–Crippen MR) is 140 cm³/mol. The fourth-order valence-corrected chi connectivity index (χ4v) is 5.91. The Bertz CT molecular complexity index is 1280. The molecule has 1 heterocycles. The molecule has 0 aliphatic carbocycles. The molecule has 0 saturated carbocycles. The number of amides is 1. The van der Waals surface area contributed by atoms with Gasteiger partial charge in [0.05, 0.1) is 22.4 Å². The van der Waals surface area contributed by atoms with Crippen LogP contribution in [0.4, 0.5) is 5.69 Å². The first-order valence-electron chi connectivity index (χ1n) is 11.9. The van der Waals surface area contributed by atoms with Gasteiger partial charge in [0.2, 0.25) is 15.9 Å². The first-order valence-corrected chi connectivity index (χ1v) is 13.7. The second-order valence-corrected chi connectivity index (χ2v) is 10.9. The minimum Gasteiger partial charge on any atom is -0.492 e. The van der Waals surface area contributed by atoms with Crippen LogP contribution in [0.15, 0.2) is 77.7 Å². The van der Waals surface area contributed by atoms with Gasteiger partial charge in [-0.05, 0) is 67.8 Å². The largest absolute Gasteiger partial charge is 0.492 e. The molecular weight excluding hydrogens is 500 g/mol. The first-order chi connectivity index (χ1) is 17.4. The average Bonchev–Trinajstić information content (AvgIpc) is 2.90. The van der Waals surface area contributed by atoms with Gasteiger partial charge in [0.1, 0.15) is 18.1 Å². The fraction of sp³-hybridized carbons (Fsp3) is 0.296. The highest BCUT2D eigenvalue weighted by Crippen LogP contribution is 2.31. The van der Waals surface area contributed by atoms with Crippen LogP contribution in [-0.4, -0.2) is 38.3 Å². The lowest BCUT2D eigenvalue weighted by Gasteiger charge is -2.31. The molecule has 0 unspecified atom stereocenters. The van der Waals surface area contributed by atoms with Crippen LogP contribution in [-0.2, 0) is 21.4 Å². The summed E-state index contributed by atoms with van der Waals surface area (Å²) in [5.74, 6) is 0.463. The summed E-state index contributed by atoms with van der Waals surface area (Å²) in [6.45, 7) is 3.17. The van der Waals surface area contributed by atoms with Crippen molar-refractivity contribution < 1.29 is 22.7 Å². The van der Waals surface area contributed by atoms with E-state index >= 15 is 0 Å². The van der Waals surface area contributed by atoms with Crippen LogP contribution in [0.1, 0.15) is 25.3 Å². The van der Waals surface area contributed by atoms with Crippen LogP contribution >= 0.6 is 11.6 Å². The number of carbonyl (C=O) groups excluding carboxylic acids is 1. The number of piperidine rings is 1. The van der Waals surface area contributed by atoms with E-state index < -0.39 is 15.9 Å². The van der Waals surface area contributed by atoms with E-state index in [9.17, 15) is 13.2 Å².